The maximum absolute atomic E-state index is 5.18. The molecule has 1 saturated heterocycles. The number of rotatable bonds is 0. The molecule has 2 aliphatic heterocycles. The first-order valence-electron chi connectivity index (χ1n) is 3.38. The smallest absolute Gasteiger partial charge is 0.231 e. The van der Waals surface area contributed by atoms with E-state index >= 15 is 0 Å². The Labute approximate surface area is 62.7 Å². The molecular formula is C7H5NO3. The molecular weight excluding hydrogens is 146 g/mol. The standard InChI is InChI=1S/C7H5NO3/c1-4-2-6(11-8-4)7-5(1)9-3-10-7/h1H,2-3H2. The van der Waals surface area contributed by atoms with Gasteiger partial charge in [0, 0.05) is 6.08 Å². The molecule has 11 heavy (non-hydrogen) atoms. The van der Waals surface area contributed by atoms with Crippen molar-refractivity contribution in [2.45, 2.75) is 6.42 Å². The summed E-state index contributed by atoms with van der Waals surface area (Å²) in [6, 6.07) is 0. The molecule has 0 amide bonds. The summed E-state index contributed by atoms with van der Waals surface area (Å²) in [5.41, 5.74) is 0.907. The Morgan fingerprint density at radius 1 is 1.36 bits per heavy atom. The van der Waals surface area contributed by atoms with Crippen molar-refractivity contribution in [3.8, 4) is 0 Å². The first kappa shape index (κ1) is 5.23. The average Bonchev–Trinajstić information content (AvgIpc) is 2.58. The highest BCUT2D eigenvalue weighted by atomic mass is 16.7. The predicted octanol–water partition coefficient (Wildman–Crippen LogP) is 0.876. The van der Waals surface area contributed by atoms with Crippen molar-refractivity contribution >= 4 is 5.71 Å². The normalized spacial score (nSPS) is 24.7. The zero-order valence-corrected chi connectivity index (χ0v) is 5.66. The zero-order chi connectivity index (χ0) is 7.26. The Morgan fingerprint density at radius 3 is 3.36 bits per heavy atom. The third-order valence-corrected chi connectivity index (χ3v) is 1.81. The number of ether oxygens (including phenoxy) is 2. The Morgan fingerprint density at radius 2 is 2.36 bits per heavy atom. The van der Waals surface area contributed by atoms with Crippen LogP contribution in [-0.4, -0.2) is 12.5 Å². The van der Waals surface area contributed by atoms with Crippen LogP contribution in [0.2, 0.25) is 0 Å². The number of oxime groups is 1. The van der Waals surface area contributed by atoms with E-state index in [4.69, 9.17) is 14.3 Å². The van der Waals surface area contributed by atoms with Crippen molar-refractivity contribution in [1.82, 2.24) is 0 Å². The van der Waals surface area contributed by atoms with Crippen LogP contribution in [0.5, 0.6) is 0 Å². The zero-order valence-electron chi connectivity index (χ0n) is 5.66. The minimum Gasteiger partial charge on any atom is -0.453 e. The summed E-state index contributed by atoms with van der Waals surface area (Å²) in [5.74, 6) is 2.24. The molecule has 3 aliphatic rings. The van der Waals surface area contributed by atoms with Gasteiger partial charge in [-0.25, -0.2) is 0 Å². The average molecular weight is 151 g/mol. The summed E-state index contributed by atoms with van der Waals surface area (Å²) in [6.07, 6.45) is 2.58. The van der Waals surface area contributed by atoms with E-state index in [1.807, 2.05) is 6.08 Å². The van der Waals surface area contributed by atoms with Gasteiger partial charge in [0.05, 0.1) is 12.1 Å². The van der Waals surface area contributed by atoms with E-state index in [1.165, 1.54) is 0 Å². The lowest BCUT2D eigenvalue weighted by Gasteiger charge is -2.02. The third kappa shape index (κ3) is 0.562. The van der Waals surface area contributed by atoms with Gasteiger partial charge in [-0.05, 0) is 0 Å². The van der Waals surface area contributed by atoms with E-state index in [2.05, 4.69) is 5.16 Å². The van der Waals surface area contributed by atoms with Gasteiger partial charge in [-0.1, -0.05) is 5.16 Å². The number of hydrogen-bond donors (Lipinski definition) is 0. The molecule has 0 radical (unpaired) electrons. The fraction of sp³-hybridized carbons (Fsp3) is 0.286. The van der Waals surface area contributed by atoms with E-state index in [-0.39, 0.29) is 0 Å². The Bertz CT molecular complexity index is 311. The van der Waals surface area contributed by atoms with Crippen LogP contribution in [0.3, 0.4) is 0 Å². The van der Waals surface area contributed by atoms with Crippen molar-refractivity contribution in [3.63, 3.8) is 0 Å². The molecule has 56 valence electrons. The maximum Gasteiger partial charge on any atom is 0.231 e. The molecule has 3 rings (SSSR count). The first-order valence-corrected chi connectivity index (χ1v) is 3.38. The van der Waals surface area contributed by atoms with Gasteiger partial charge in [-0.3, -0.25) is 0 Å². The molecule has 0 unspecified atom stereocenters. The minimum atomic E-state index is 0.293. The number of fused-ring (bicyclic) bond motifs is 3. The SMILES string of the molecule is C1=C2OCOC2=C2CC1=NO2. The molecule has 0 saturated carbocycles. The topological polar surface area (TPSA) is 40.0 Å². The van der Waals surface area contributed by atoms with Gasteiger partial charge in [0.1, 0.15) is 0 Å². The van der Waals surface area contributed by atoms with Crippen LogP contribution in [0.1, 0.15) is 6.42 Å². The van der Waals surface area contributed by atoms with Crippen LogP contribution >= 0.6 is 0 Å². The molecule has 4 heteroatoms. The van der Waals surface area contributed by atoms with Crippen LogP contribution in [0.25, 0.3) is 0 Å². The molecule has 0 aromatic carbocycles. The number of hydrogen-bond acceptors (Lipinski definition) is 4. The monoisotopic (exact) mass is 151 g/mol. The van der Waals surface area contributed by atoms with Crippen molar-refractivity contribution in [2.75, 3.05) is 6.79 Å². The second kappa shape index (κ2) is 1.58. The van der Waals surface area contributed by atoms with Crippen molar-refractivity contribution in [3.05, 3.63) is 23.4 Å². The molecule has 1 fully saturated rings. The minimum absolute atomic E-state index is 0.293. The van der Waals surface area contributed by atoms with Crippen LogP contribution in [0, 0.1) is 0 Å². The molecule has 2 bridgehead atoms. The molecule has 2 heterocycles. The van der Waals surface area contributed by atoms with E-state index in [0.29, 0.717) is 6.79 Å². The van der Waals surface area contributed by atoms with Gasteiger partial charge in [0.15, 0.2) is 11.5 Å². The van der Waals surface area contributed by atoms with Gasteiger partial charge < -0.3 is 14.3 Å². The third-order valence-electron chi connectivity index (χ3n) is 1.81. The van der Waals surface area contributed by atoms with Crippen molar-refractivity contribution in [1.29, 1.82) is 0 Å². The molecule has 0 N–H and O–H groups in total. The van der Waals surface area contributed by atoms with Crippen LogP contribution < -0.4 is 0 Å². The molecule has 1 aliphatic carbocycles. The largest absolute Gasteiger partial charge is 0.453 e. The lowest BCUT2D eigenvalue weighted by atomic mass is 10.1. The summed E-state index contributed by atoms with van der Waals surface area (Å²) in [6.45, 7) is 0.293. The molecule has 0 spiro atoms. The van der Waals surface area contributed by atoms with Gasteiger partial charge in [-0.15, -0.1) is 0 Å². The highest BCUT2D eigenvalue weighted by molar-refractivity contribution is 5.99. The van der Waals surface area contributed by atoms with E-state index in [0.717, 1.165) is 29.4 Å². The van der Waals surface area contributed by atoms with Gasteiger partial charge in [0.25, 0.3) is 0 Å². The fourth-order valence-electron chi connectivity index (χ4n) is 1.31. The highest BCUT2D eigenvalue weighted by Gasteiger charge is 2.32. The van der Waals surface area contributed by atoms with Gasteiger partial charge in [-0.2, -0.15) is 0 Å². The van der Waals surface area contributed by atoms with Crippen LogP contribution in [0.4, 0.5) is 0 Å². The maximum atomic E-state index is 5.18. The van der Waals surface area contributed by atoms with Crippen molar-refractivity contribution in [2.24, 2.45) is 5.16 Å². The number of allylic oxidation sites excluding steroid dienone is 2. The summed E-state index contributed by atoms with van der Waals surface area (Å²) >= 11 is 0. The second-order valence-corrected chi connectivity index (χ2v) is 2.52. The summed E-state index contributed by atoms with van der Waals surface area (Å²) in [7, 11) is 0. The quantitative estimate of drug-likeness (QED) is 0.515. The van der Waals surface area contributed by atoms with Gasteiger partial charge in [0.2, 0.25) is 12.6 Å². The summed E-state index contributed by atoms with van der Waals surface area (Å²) in [4.78, 5) is 5.00. The Hall–Kier alpha value is -1.45. The van der Waals surface area contributed by atoms with E-state index < -0.39 is 0 Å². The van der Waals surface area contributed by atoms with E-state index in [1.54, 1.807) is 0 Å². The highest BCUT2D eigenvalue weighted by Crippen LogP contribution is 2.34. The summed E-state index contributed by atoms with van der Waals surface area (Å²) < 4.78 is 10.3. The predicted molar refractivity (Wildman–Crippen MR) is 35.3 cm³/mol. The molecule has 0 aromatic rings. The molecule has 0 atom stereocenters. The molecule has 4 nitrogen and oxygen atoms in total. The summed E-state index contributed by atoms with van der Waals surface area (Å²) in [5, 5.41) is 3.80. The lowest BCUT2D eigenvalue weighted by Crippen LogP contribution is -2.00. The van der Waals surface area contributed by atoms with E-state index in [9.17, 15) is 0 Å². The number of nitrogens with zero attached hydrogens (tertiary/aromatic N) is 1. The van der Waals surface area contributed by atoms with Crippen LogP contribution in [-0.2, 0) is 14.3 Å². The molecule has 0 aromatic heterocycles. The Balaban J connectivity index is 2.20. The first-order chi connectivity index (χ1) is 5.43. The van der Waals surface area contributed by atoms with Crippen LogP contribution in [0.15, 0.2) is 28.5 Å². The lowest BCUT2D eigenvalue weighted by molar-refractivity contribution is 0.0918. The fourth-order valence-corrected chi connectivity index (χ4v) is 1.31. The Kier molecular flexibility index (Phi) is 0.753. The van der Waals surface area contributed by atoms with Gasteiger partial charge >= 0.3 is 0 Å². The van der Waals surface area contributed by atoms with Crippen molar-refractivity contribution < 1.29 is 14.3 Å². The second-order valence-electron chi connectivity index (χ2n) is 2.52.